The summed E-state index contributed by atoms with van der Waals surface area (Å²) >= 11 is 0. The number of nitrogens with zero attached hydrogens (tertiary/aromatic N) is 3. The first kappa shape index (κ1) is 22.7. The normalized spacial score (nSPS) is 10.9. The van der Waals surface area contributed by atoms with Crippen LogP contribution in [0.2, 0.25) is 0 Å². The minimum atomic E-state index is -3.17. The van der Waals surface area contributed by atoms with Gasteiger partial charge in [-0.25, -0.2) is 17.6 Å². The van der Waals surface area contributed by atoms with Crippen molar-refractivity contribution < 1.29 is 56.7 Å². The first-order valence-electron chi connectivity index (χ1n) is 6.85. The van der Waals surface area contributed by atoms with E-state index in [2.05, 4.69) is 5.16 Å². The van der Waals surface area contributed by atoms with Crippen LogP contribution in [0.4, 0.5) is 0 Å². The third kappa shape index (κ3) is 7.06. The number of aryl methyl sites for hydroxylation is 2. The molecule has 9 heteroatoms. The lowest BCUT2D eigenvalue weighted by molar-refractivity contribution is -0.727. The van der Waals surface area contributed by atoms with Gasteiger partial charge in [-0.3, -0.25) is 0 Å². The molecule has 0 saturated carbocycles. The van der Waals surface area contributed by atoms with E-state index in [4.69, 9.17) is 5.21 Å². The molecule has 0 aliphatic heterocycles. The predicted molar refractivity (Wildman–Crippen MR) is 80.4 cm³/mol. The molecule has 0 aliphatic rings. The van der Waals surface area contributed by atoms with E-state index in [-0.39, 0.29) is 34.0 Å². The van der Waals surface area contributed by atoms with Crippen molar-refractivity contribution in [1.29, 1.82) is 0 Å². The van der Waals surface area contributed by atoms with Gasteiger partial charge in [0.1, 0.15) is 4.90 Å². The Morgan fingerprint density at radius 2 is 1.71 bits per heavy atom. The van der Waals surface area contributed by atoms with Crippen LogP contribution in [-0.2, 0) is 22.9 Å². The largest absolute Gasteiger partial charge is 1.00 e. The van der Waals surface area contributed by atoms with Crippen LogP contribution in [0, 0.1) is 0 Å². The smallest absolute Gasteiger partial charge is 0.187 e. The highest BCUT2D eigenvalue weighted by Gasteiger charge is 2.12. The monoisotopic (exact) mass is 479 g/mol. The molecule has 0 amide bonds. The van der Waals surface area contributed by atoms with E-state index >= 15 is 0 Å². The van der Waals surface area contributed by atoms with Gasteiger partial charge in [0.05, 0.1) is 12.6 Å². The molecule has 6 nitrogen and oxygen atoms in total. The van der Waals surface area contributed by atoms with Crippen molar-refractivity contribution in [3.63, 3.8) is 0 Å². The Balaban J connectivity index is 0.00000264. The van der Waals surface area contributed by atoms with Gasteiger partial charge in [0.25, 0.3) is 0 Å². The molecule has 0 unspecified atom stereocenters. The topological polar surface area (TPSA) is 74.5 Å². The fourth-order valence-electron chi connectivity index (χ4n) is 2.06. The Hall–Kier alpha value is -1.32. The minimum absolute atomic E-state index is 0. The Kier molecular flexibility index (Phi) is 9.95. The standard InChI is InChI=1S/C15H18N3O3S.2BrH/c1-22(20,21)15-4-2-7-18(13-15)9-3-8-17-10-5-14(6-11-17)12-16-19;;/h2,4-7,10-13H,3,8-9H2,1H3;2*1H/q+1;;/p-1. The van der Waals surface area contributed by atoms with Crippen LogP contribution in [0.25, 0.3) is 0 Å². The van der Waals surface area contributed by atoms with Crippen LogP contribution >= 0.6 is 0 Å². The number of oxime groups is 1. The summed E-state index contributed by atoms with van der Waals surface area (Å²) in [4.78, 5) is 0.329. The molecular weight excluding hydrogens is 462 g/mol. The Labute approximate surface area is 162 Å². The Morgan fingerprint density at radius 3 is 2.29 bits per heavy atom. The number of rotatable bonds is 6. The first-order chi connectivity index (χ1) is 10.5. The number of sulfone groups is 1. The fourth-order valence-corrected chi connectivity index (χ4v) is 2.72. The summed E-state index contributed by atoms with van der Waals surface area (Å²) < 4.78 is 26.9. The highest BCUT2D eigenvalue weighted by Crippen LogP contribution is 2.03. The zero-order valence-corrected chi connectivity index (χ0v) is 17.1. The number of hydrogen-bond acceptors (Lipinski definition) is 4. The van der Waals surface area contributed by atoms with Gasteiger partial charge < -0.3 is 39.2 Å². The van der Waals surface area contributed by atoms with Crippen molar-refractivity contribution in [2.24, 2.45) is 5.16 Å². The summed E-state index contributed by atoms with van der Waals surface area (Å²) in [6.07, 6.45) is 10.8. The van der Waals surface area contributed by atoms with Crippen molar-refractivity contribution in [3.8, 4) is 0 Å². The summed E-state index contributed by atoms with van der Waals surface area (Å²) in [7, 11) is -3.17. The molecular formula is C15H19Br2N3O3S. The van der Waals surface area contributed by atoms with E-state index in [0.717, 1.165) is 25.1 Å². The summed E-state index contributed by atoms with van der Waals surface area (Å²) in [5.41, 5.74) is 0.828. The van der Waals surface area contributed by atoms with Gasteiger partial charge in [-0.1, -0.05) is 5.16 Å². The maximum atomic E-state index is 11.5. The third-order valence-corrected chi connectivity index (χ3v) is 4.31. The van der Waals surface area contributed by atoms with Gasteiger partial charge in [-0.2, -0.15) is 0 Å². The van der Waals surface area contributed by atoms with Crippen LogP contribution in [0.1, 0.15) is 12.0 Å². The van der Waals surface area contributed by atoms with Crippen LogP contribution < -0.4 is 43.1 Å². The Bertz CT molecular complexity index is 766. The SMILES string of the molecule is CS(=O)(=O)c1ccc[n+](CCC[n+]2ccc(C=NO)cc2)c1.[Br-].[Br-]. The molecule has 2 aromatic heterocycles. The molecule has 24 heavy (non-hydrogen) atoms. The zero-order valence-electron chi connectivity index (χ0n) is 13.1. The number of halogens is 2. The highest BCUT2D eigenvalue weighted by atomic mass is 79.9. The van der Waals surface area contributed by atoms with Gasteiger partial charge in [0, 0.05) is 30.0 Å². The van der Waals surface area contributed by atoms with Crippen LogP contribution in [-0.4, -0.2) is 26.1 Å². The number of hydrogen-bond donors (Lipinski definition) is 1. The van der Waals surface area contributed by atoms with E-state index in [0.29, 0.717) is 4.90 Å². The van der Waals surface area contributed by atoms with Crippen LogP contribution in [0.3, 0.4) is 0 Å². The van der Waals surface area contributed by atoms with Gasteiger partial charge >= 0.3 is 0 Å². The molecule has 1 N–H and O–H groups in total. The van der Waals surface area contributed by atoms with E-state index < -0.39 is 9.84 Å². The summed E-state index contributed by atoms with van der Waals surface area (Å²) in [5.74, 6) is 0. The lowest BCUT2D eigenvalue weighted by Gasteiger charge is -1.99. The molecule has 2 aromatic rings. The molecule has 2 heterocycles. The van der Waals surface area contributed by atoms with Gasteiger partial charge in [0.2, 0.25) is 0 Å². The van der Waals surface area contributed by atoms with E-state index in [1.807, 2.05) is 39.9 Å². The first-order valence-corrected chi connectivity index (χ1v) is 8.74. The summed E-state index contributed by atoms with van der Waals surface area (Å²) in [6.45, 7) is 1.54. The maximum Gasteiger partial charge on any atom is 0.187 e. The Morgan fingerprint density at radius 1 is 1.08 bits per heavy atom. The fraction of sp³-hybridized carbons (Fsp3) is 0.267. The molecule has 0 spiro atoms. The van der Waals surface area contributed by atoms with Gasteiger partial charge in [-0.15, -0.1) is 0 Å². The van der Waals surface area contributed by atoms with Crippen LogP contribution in [0.15, 0.2) is 59.1 Å². The van der Waals surface area contributed by atoms with Gasteiger partial charge in [-0.05, 0) is 6.07 Å². The highest BCUT2D eigenvalue weighted by molar-refractivity contribution is 7.90. The quantitative estimate of drug-likeness (QED) is 0.194. The maximum absolute atomic E-state index is 11.5. The average molecular weight is 481 g/mol. The van der Waals surface area contributed by atoms with Gasteiger partial charge in [0.15, 0.2) is 47.7 Å². The zero-order chi connectivity index (χ0) is 16.0. The lowest BCUT2D eigenvalue weighted by atomic mass is 10.3. The van der Waals surface area contributed by atoms with E-state index in [9.17, 15) is 8.42 Å². The van der Waals surface area contributed by atoms with Crippen molar-refractivity contribution >= 4 is 16.1 Å². The number of aromatic nitrogens is 2. The van der Waals surface area contributed by atoms with E-state index in [1.54, 1.807) is 18.3 Å². The molecule has 2 rings (SSSR count). The minimum Gasteiger partial charge on any atom is -1.00 e. The molecule has 0 saturated heterocycles. The molecule has 0 atom stereocenters. The molecule has 0 bridgehead atoms. The molecule has 0 aromatic carbocycles. The molecule has 0 aliphatic carbocycles. The van der Waals surface area contributed by atoms with Crippen LogP contribution in [0.5, 0.6) is 0 Å². The van der Waals surface area contributed by atoms with Crippen molar-refractivity contribution in [2.45, 2.75) is 24.4 Å². The number of pyridine rings is 2. The molecule has 132 valence electrons. The second-order valence-electron chi connectivity index (χ2n) is 5.02. The molecule has 0 radical (unpaired) electrons. The van der Waals surface area contributed by atoms with Crippen molar-refractivity contribution in [1.82, 2.24) is 0 Å². The van der Waals surface area contributed by atoms with Crippen molar-refractivity contribution in [3.05, 3.63) is 54.6 Å². The third-order valence-electron chi connectivity index (χ3n) is 3.22. The average Bonchev–Trinajstić information content (AvgIpc) is 2.49. The van der Waals surface area contributed by atoms with Crippen molar-refractivity contribution in [2.75, 3.05) is 6.26 Å². The second-order valence-corrected chi connectivity index (χ2v) is 7.03. The predicted octanol–water partition coefficient (Wildman–Crippen LogP) is -5.43. The summed E-state index contributed by atoms with van der Waals surface area (Å²) in [5, 5.41) is 11.4. The van der Waals surface area contributed by atoms with E-state index in [1.165, 1.54) is 12.5 Å². The summed E-state index contributed by atoms with van der Waals surface area (Å²) in [6, 6.07) is 7.06. The lowest BCUT2D eigenvalue weighted by Crippen LogP contribution is -3.00. The second kappa shape index (κ2) is 10.5. The molecule has 0 fully saturated rings.